The van der Waals surface area contributed by atoms with Gasteiger partial charge in [-0.1, -0.05) is 28.1 Å². The van der Waals surface area contributed by atoms with Gasteiger partial charge in [-0.15, -0.1) is 0 Å². The van der Waals surface area contributed by atoms with Gasteiger partial charge < -0.3 is 15.4 Å². The highest BCUT2D eigenvalue weighted by atomic mass is 79.9. The van der Waals surface area contributed by atoms with Gasteiger partial charge >= 0.3 is 0 Å². The fraction of sp³-hybridized carbons (Fsp3) is 0.130. The van der Waals surface area contributed by atoms with Gasteiger partial charge in [0.25, 0.3) is 5.91 Å². The Kier molecular flexibility index (Phi) is 8.21. The lowest BCUT2D eigenvalue weighted by Crippen LogP contribution is -2.28. The Hall–Kier alpha value is -3.21. The Morgan fingerprint density at radius 2 is 1.58 bits per heavy atom. The van der Waals surface area contributed by atoms with Crippen molar-refractivity contribution < 1.29 is 22.7 Å². The summed E-state index contributed by atoms with van der Waals surface area (Å²) < 4.78 is 32.9. The molecule has 2 amide bonds. The van der Waals surface area contributed by atoms with Crippen molar-refractivity contribution in [1.82, 2.24) is 4.72 Å². The zero-order valence-electron chi connectivity index (χ0n) is 17.7. The maximum absolute atomic E-state index is 12.7. The van der Waals surface area contributed by atoms with E-state index in [1.807, 2.05) is 0 Å². The standard InChI is InChI=1S/C23H22BrN3O5S/c1-32-18-10-8-17(9-11-18)26-23(29)20-4-2-3-5-21(20)27-22(28)14-15-25-33(30,31)19-12-6-16(24)7-13-19/h2-13,25H,14-15H2,1H3,(H,26,29)(H,27,28). The molecule has 0 saturated heterocycles. The van der Waals surface area contributed by atoms with Crippen LogP contribution < -0.4 is 20.1 Å². The highest BCUT2D eigenvalue weighted by Gasteiger charge is 2.16. The Bertz CT molecular complexity index is 1230. The molecular weight excluding hydrogens is 510 g/mol. The Morgan fingerprint density at radius 3 is 2.24 bits per heavy atom. The average molecular weight is 532 g/mol. The van der Waals surface area contributed by atoms with Gasteiger partial charge in [-0.05, 0) is 60.7 Å². The zero-order chi connectivity index (χ0) is 23.8. The van der Waals surface area contributed by atoms with Crippen LogP contribution in [0.3, 0.4) is 0 Å². The molecule has 0 fully saturated rings. The zero-order valence-corrected chi connectivity index (χ0v) is 20.1. The van der Waals surface area contributed by atoms with E-state index in [4.69, 9.17) is 4.74 Å². The van der Waals surface area contributed by atoms with Crippen molar-refractivity contribution in [1.29, 1.82) is 0 Å². The van der Waals surface area contributed by atoms with Crippen LogP contribution in [0.5, 0.6) is 5.75 Å². The smallest absolute Gasteiger partial charge is 0.257 e. The Labute approximate surface area is 200 Å². The number of carbonyl (C=O) groups excluding carboxylic acids is 2. The molecule has 0 aliphatic rings. The van der Waals surface area contributed by atoms with E-state index in [0.717, 1.165) is 4.47 Å². The summed E-state index contributed by atoms with van der Waals surface area (Å²) in [6.07, 6.45) is -0.107. The second-order valence-corrected chi connectivity index (χ2v) is 9.56. The normalized spacial score (nSPS) is 11.0. The third kappa shape index (κ3) is 6.88. The SMILES string of the molecule is COc1ccc(NC(=O)c2ccccc2NC(=O)CCNS(=O)(=O)c2ccc(Br)cc2)cc1. The molecule has 0 unspecified atom stereocenters. The molecule has 3 rings (SSSR count). The number of amides is 2. The van der Waals surface area contributed by atoms with E-state index in [0.29, 0.717) is 17.1 Å². The van der Waals surface area contributed by atoms with E-state index < -0.39 is 21.8 Å². The van der Waals surface area contributed by atoms with Crippen LogP contribution in [0, 0.1) is 0 Å². The summed E-state index contributed by atoms with van der Waals surface area (Å²) in [6.45, 7) is -0.0928. The highest BCUT2D eigenvalue weighted by molar-refractivity contribution is 9.10. The second kappa shape index (κ2) is 11.1. The summed E-state index contributed by atoms with van der Waals surface area (Å²) in [6, 6.07) is 19.6. The minimum absolute atomic E-state index is 0.0928. The van der Waals surface area contributed by atoms with Crippen LogP contribution in [0.1, 0.15) is 16.8 Å². The number of nitrogens with one attached hydrogen (secondary N) is 3. The van der Waals surface area contributed by atoms with Crippen LogP contribution in [0.25, 0.3) is 0 Å². The van der Waals surface area contributed by atoms with Crippen molar-refractivity contribution in [3.05, 3.63) is 82.8 Å². The molecule has 10 heteroatoms. The van der Waals surface area contributed by atoms with Crippen LogP contribution in [-0.4, -0.2) is 33.9 Å². The fourth-order valence-corrected chi connectivity index (χ4v) is 4.17. The molecule has 0 spiro atoms. The topological polar surface area (TPSA) is 114 Å². The van der Waals surface area contributed by atoms with Crippen molar-refractivity contribution in [2.45, 2.75) is 11.3 Å². The minimum Gasteiger partial charge on any atom is -0.497 e. The van der Waals surface area contributed by atoms with Crippen LogP contribution >= 0.6 is 15.9 Å². The van der Waals surface area contributed by atoms with Crippen LogP contribution in [0.2, 0.25) is 0 Å². The maximum atomic E-state index is 12.7. The lowest BCUT2D eigenvalue weighted by molar-refractivity contribution is -0.116. The van der Waals surface area contributed by atoms with Gasteiger partial charge in [0, 0.05) is 23.1 Å². The minimum atomic E-state index is -3.73. The molecule has 3 N–H and O–H groups in total. The number of sulfonamides is 1. The number of anilines is 2. The molecule has 0 bridgehead atoms. The van der Waals surface area contributed by atoms with Gasteiger partial charge in [-0.25, -0.2) is 13.1 Å². The molecule has 8 nitrogen and oxygen atoms in total. The number of benzene rings is 3. The first-order valence-corrected chi connectivity index (χ1v) is 12.2. The van der Waals surface area contributed by atoms with Gasteiger partial charge in [-0.2, -0.15) is 0 Å². The predicted octanol–water partition coefficient (Wildman–Crippen LogP) is 4.02. The molecule has 0 radical (unpaired) electrons. The van der Waals surface area contributed by atoms with Crippen molar-refractivity contribution in [2.24, 2.45) is 0 Å². The second-order valence-electron chi connectivity index (χ2n) is 6.88. The summed E-state index contributed by atoms with van der Waals surface area (Å²) in [5.41, 5.74) is 1.17. The molecule has 3 aromatic rings. The number of rotatable bonds is 9. The molecule has 0 aromatic heterocycles. The highest BCUT2D eigenvalue weighted by Crippen LogP contribution is 2.20. The first kappa shape index (κ1) is 24.4. The lowest BCUT2D eigenvalue weighted by atomic mass is 10.1. The molecule has 0 saturated carbocycles. The van der Waals surface area contributed by atoms with E-state index >= 15 is 0 Å². The quantitative estimate of drug-likeness (QED) is 0.386. The summed E-state index contributed by atoms with van der Waals surface area (Å²) in [5, 5.41) is 5.44. The van der Waals surface area contributed by atoms with Crippen molar-refractivity contribution >= 4 is 49.1 Å². The summed E-state index contributed by atoms with van der Waals surface area (Å²) in [4.78, 5) is 25.2. The Morgan fingerprint density at radius 1 is 0.909 bits per heavy atom. The molecule has 172 valence electrons. The van der Waals surface area contributed by atoms with Crippen LogP contribution in [0.15, 0.2) is 82.2 Å². The molecule has 0 atom stereocenters. The third-order valence-corrected chi connectivity index (χ3v) is 6.57. The van der Waals surface area contributed by atoms with Crippen LogP contribution in [-0.2, 0) is 14.8 Å². The monoisotopic (exact) mass is 531 g/mol. The average Bonchev–Trinajstić information content (AvgIpc) is 2.80. The van der Waals surface area contributed by atoms with Crippen molar-refractivity contribution in [3.8, 4) is 5.75 Å². The van der Waals surface area contributed by atoms with E-state index in [9.17, 15) is 18.0 Å². The molecular formula is C23H22BrN3O5S. The number of halogens is 1. The molecule has 0 aliphatic carbocycles. The molecule has 3 aromatic carbocycles. The summed E-state index contributed by atoms with van der Waals surface area (Å²) in [5.74, 6) is -0.165. The largest absolute Gasteiger partial charge is 0.497 e. The molecule has 33 heavy (non-hydrogen) atoms. The number of hydrogen-bond donors (Lipinski definition) is 3. The summed E-state index contributed by atoms with van der Waals surface area (Å²) >= 11 is 3.25. The third-order valence-electron chi connectivity index (χ3n) is 4.56. The van der Waals surface area contributed by atoms with Gasteiger partial charge in [0.05, 0.1) is 23.3 Å². The van der Waals surface area contributed by atoms with E-state index in [1.165, 1.54) is 12.1 Å². The number of para-hydroxylation sites is 1. The fourth-order valence-electron chi connectivity index (χ4n) is 2.87. The molecule has 0 heterocycles. The first-order chi connectivity index (χ1) is 15.8. The predicted molar refractivity (Wildman–Crippen MR) is 130 cm³/mol. The van der Waals surface area contributed by atoms with E-state index in [1.54, 1.807) is 67.8 Å². The van der Waals surface area contributed by atoms with Crippen LogP contribution in [0.4, 0.5) is 11.4 Å². The number of hydrogen-bond acceptors (Lipinski definition) is 5. The van der Waals surface area contributed by atoms with Gasteiger partial charge in [0.15, 0.2) is 0 Å². The van der Waals surface area contributed by atoms with E-state index in [2.05, 4.69) is 31.3 Å². The van der Waals surface area contributed by atoms with Gasteiger partial charge in [0.1, 0.15) is 5.75 Å². The van der Waals surface area contributed by atoms with Crippen molar-refractivity contribution in [3.63, 3.8) is 0 Å². The summed E-state index contributed by atoms with van der Waals surface area (Å²) in [7, 11) is -2.18. The van der Waals surface area contributed by atoms with E-state index in [-0.39, 0.29) is 23.4 Å². The van der Waals surface area contributed by atoms with Gasteiger partial charge in [0.2, 0.25) is 15.9 Å². The number of methoxy groups -OCH3 is 1. The number of ether oxygens (including phenoxy) is 1. The number of carbonyl (C=O) groups is 2. The molecule has 0 aliphatic heterocycles. The first-order valence-electron chi connectivity index (χ1n) is 9.88. The maximum Gasteiger partial charge on any atom is 0.257 e. The lowest BCUT2D eigenvalue weighted by Gasteiger charge is -2.12. The van der Waals surface area contributed by atoms with Crippen molar-refractivity contribution in [2.75, 3.05) is 24.3 Å². The van der Waals surface area contributed by atoms with Gasteiger partial charge in [-0.3, -0.25) is 9.59 Å². The Balaban J connectivity index is 1.58.